The Hall–Kier alpha value is -2.53. The van der Waals surface area contributed by atoms with E-state index in [1.807, 2.05) is 45.0 Å². The van der Waals surface area contributed by atoms with E-state index in [4.69, 9.17) is 4.74 Å². The van der Waals surface area contributed by atoms with E-state index in [9.17, 15) is 4.79 Å². The van der Waals surface area contributed by atoms with Crippen LogP contribution in [0.5, 0.6) is 0 Å². The average molecular weight is 354 g/mol. The van der Waals surface area contributed by atoms with Crippen LogP contribution >= 0.6 is 11.3 Å². The number of benzene rings is 2. The van der Waals surface area contributed by atoms with Crippen molar-refractivity contribution in [2.75, 3.05) is 10.6 Å². The molecule has 0 saturated carbocycles. The summed E-state index contributed by atoms with van der Waals surface area (Å²) in [4.78, 5) is 12.0. The molecule has 0 aliphatic carbocycles. The zero-order valence-electron chi connectivity index (χ0n) is 14.6. The first-order valence-corrected chi connectivity index (χ1v) is 9.08. The highest BCUT2D eigenvalue weighted by Gasteiger charge is 2.17. The van der Waals surface area contributed by atoms with Crippen LogP contribution < -0.4 is 10.6 Å². The molecule has 130 valence electrons. The molecule has 5 heteroatoms. The van der Waals surface area contributed by atoms with Gasteiger partial charge in [-0.1, -0.05) is 30.3 Å². The van der Waals surface area contributed by atoms with Crippen LogP contribution in [-0.2, 0) is 11.3 Å². The second kappa shape index (κ2) is 7.15. The van der Waals surface area contributed by atoms with Crippen molar-refractivity contribution in [1.29, 1.82) is 0 Å². The average Bonchev–Trinajstić information content (AvgIpc) is 2.95. The minimum absolute atomic E-state index is 0.456. The molecule has 3 aromatic rings. The number of carbonyl (C=O) groups excluding carboxylic acids is 1. The third kappa shape index (κ3) is 4.51. The van der Waals surface area contributed by atoms with Crippen LogP contribution in [0.4, 0.5) is 16.2 Å². The Kier molecular flexibility index (Phi) is 4.95. The molecule has 4 nitrogen and oxygen atoms in total. The smallest absolute Gasteiger partial charge is 0.412 e. The van der Waals surface area contributed by atoms with Gasteiger partial charge in [-0.15, -0.1) is 11.3 Å². The number of hydrogen-bond acceptors (Lipinski definition) is 4. The van der Waals surface area contributed by atoms with Crippen molar-refractivity contribution in [2.45, 2.75) is 32.9 Å². The van der Waals surface area contributed by atoms with Crippen LogP contribution in [-0.4, -0.2) is 11.7 Å². The molecular weight excluding hydrogens is 332 g/mol. The summed E-state index contributed by atoms with van der Waals surface area (Å²) in [6, 6.07) is 16.0. The van der Waals surface area contributed by atoms with Gasteiger partial charge in [-0.3, -0.25) is 5.32 Å². The number of carbonyl (C=O) groups is 1. The number of nitrogens with one attached hydrogen (secondary N) is 2. The summed E-state index contributed by atoms with van der Waals surface area (Å²) in [6.45, 7) is 6.23. The van der Waals surface area contributed by atoms with Crippen molar-refractivity contribution in [3.63, 3.8) is 0 Å². The summed E-state index contributed by atoms with van der Waals surface area (Å²) >= 11 is 1.74. The number of ether oxygens (including phenoxy) is 1. The summed E-state index contributed by atoms with van der Waals surface area (Å²) in [7, 11) is 0. The molecule has 0 saturated heterocycles. The Bertz CT molecular complexity index is 881. The molecule has 1 heterocycles. The second-order valence-electron chi connectivity index (χ2n) is 6.78. The lowest BCUT2D eigenvalue weighted by atomic mass is 10.1. The molecule has 0 radical (unpaired) electrons. The van der Waals surface area contributed by atoms with Gasteiger partial charge in [0, 0.05) is 11.2 Å². The van der Waals surface area contributed by atoms with Gasteiger partial charge in [0.1, 0.15) is 5.60 Å². The topological polar surface area (TPSA) is 50.4 Å². The summed E-state index contributed by atoms with van der Waals surface area (Å²) in [5.41, 5.74) is 2.29. The molecule has 0 fully saturated rings. The lowest BCUT2D eigenvalue weighted by Gasteiger charge is -2.20. The maximum Gasteiger partial charge on any atom is 0.412 e. The molecule has 0 atom stereocenters. The molecule has 0 aliphatic rings. The summed E-state index contributed by atoms with van der Waals surface area (Å²) in [5, 5.41) is 9.66. The minimum Gasteiger partial charge on any atom is -0.444 e. The van der Waals surface area contributed by atoms with E-state index in [2.05, 4.69) is 40.3 Å². The molecule has 25 heavy (non-hydrogen) atoms. The highest BCUT2D eigenvalue weighted by Crippen LogP contribution is 2.28. The first-order chi connectivity index (χ1) is 11.9. The van der Waals surface area contributed by atoms with Crippen LogP contribution in [0.1, 0.15) is 26.3 Å². The monoisotopic (exact) mass is 354 g/mol. The lowest BCUT2D eigenvalue weighted by Crippen LogP contribution is -2.27. The number of anilines is 2. The van der Waals surface area contributed by atoms with E-state index in [1.165, 1.54) is 15.6 Å². The van der Waals surface area contributed by atoms with Gasteiger partial charge in [0.2, 0.25) is 0 Å². The van der Waals surface area contributed by atoms with Gasteiger partial charge in [-0.25, -0.2) is 4.79 Å². The Morgan fingerprint density at radius 3 is 2.48 bits per heavy atom. The van der Waals surface area contributed by atoms with Gasteiger partial charge in [0.25, 0.3) is 0 Å². The molecule has 2 aromatic carbocycles. The van der Waals surface area contributed by atoms with Gasteiger partial charge in [-0.05, 0) is 55.3 Å². The van der Waals surface area contributed by atoms with E-state index in [-0.39, 0.29) is 0 Å². The first kappa shape index (κ1) is 17.3. The molecule has 1 amide bonds. The van der Waals surface area contributed by atoms with E-state index in [0.717, 1.165) is 5.69 Å². The zero-order valence-corrected chi connectivity index (χ0v) is 15.4. The molecule has 0 bridgehead atoms. The summed E-state index contributed by atoms with van der Waals surface area (Å²) in [6.07, 6.45) is -0.456. The molecule has 0 unspecified atom stereocenters. The van der Waals surface area contributed by atoms with Crippen molar-refractivity contribution >= 4 is 38.9 Å². The summed E-state index contributed by atoms with van der Waals surface area (Å²) in [5.74, 6) is 0. The van der Waals surface area contributed by atoms with Crippen LogP contribution in [0.2, 0.25) is 0 Å². The number of amides is 1. The minimum atomic E-state index is -0.526. The predicted octanol–water partition coefficient (Wildman–Crippen LogP) is 5.86. The Morgan fingerprint density at radius 2 is 1.72 bits per heavy atom. The third-order valence-electron chi connectivity index (χ3n) is 3.59. The Labute approximate surface area is 151 Å². The van der Waals surface area contributed by atoms with E-state index in [1.54, 1.807) is 11.3 Å². The van der Waals surface area contributed by atoms with E-state index < -0.39 is 11.7 Å². The zero-order chi connectivity index (χ0) is 17.9. The second-order valence-corrected chi connectivity index (χ2v) is 7.69. The number of thiophene rings is 1. The molecule has 0 aliphatic heterocycles. The van der Waals surface area contributed by atoms with Crippen molar-refractivity contribution in [3.05, 3.63) is 59.5 Å². The Morgan fingerprint density at radius 1 is 1.04 bits per heavy atom. The quantitative estimate of drug-likeness (QED) is 0.617. The van der Waals surface area contributed by atoms with Crippen molar-refractivity contribution in [1.82, 2.24) is 0 Å². The largest absolute Gasteiger partial charge is 0.444 e. The number of rotatable bonds is 4. The van der Waals surface area contributed by atoms with E-state index in [0.29, 0.717) is 12.2 Å². The van der Waals surface area contributed by atoms with Gasteiger partial charge in [0.15, 0.2) is 0 Å². The molecule has 2 N–H and O–H groups in total. The maximum atomic E-state index is 12.0. The fraction of sp³-hybridized carbons (Fsp3) is 0.250. The summed E-state index contributed by atoms with van der Waals surface area (Å²) < 4.78 is 6.61. The van der Waals surface area contributed by atoms with Crippen molar-refractivity contribution in [3.8, 4) is 0 Å². The first-order valence-electron chi connectivity index (χ1n) is 8.20. The lowest BCUT2D eigenvalue weighted by molar-refractivity contribution is 0.0636. The number of para-hydroxylation sites is 2. The fourth-order valence-electron chi connectivity index (χ4n) is 2.52. The third-order valence-corrected chi connectivity index (χ3v) is 4.61. The van der Waals surface area contributed by atoms with Gasteiger partial charge in [0.05, 0.1) is 11.4 Å². The molecule has 0 spiro atoms. The Balaban J connectivity index is 1.72. The highest BCUT2D eigenvalue weighted by atomic mass is 32.1. The van der Waals surface area contributed by atoms with Crippen LogP contribution in [0.25, 0.3) is 10.1 Å². The SMILES string of the molecule is CC(C)(C)OC(=O)Nc1ccccc1NCc1csc2ccccc12. The molecular formula is C20H22N2O2S. The highest BCUT2D eigenvalue weighted by molar-refractivity contribution is 7.17. The van der Waals surface area contributed by atoms with Crippen molar-refractivity contribution < 1.29 is 9.53 Å². The van der Waals surface area contributed by atoms with Crippen LogP contribution in [0.15, 0.2) is 53.9 Å². The number of hydrogen-bond donors (Lipinski definition) is 2. The van der Waals surface area contributed by atoms with Crippen LogP contribution in [0.3, 0.4) is 0 Å². The van der Waals surface area contributed by atoms with Gasteiger partial charge < -0.3 is 10.1 Å². The van der Waals surface area contributed by atoms with Crippen LogP contribution in [0, 0.1) is 0 Å². The van der Waals surface area contributed by atoms with E-state index >= 15 is 0 Å². The predicted molar refractivity (Wildman–Crippen MR) is 105 cm³/mol. The van der Waals surface area contributed by atoms with Crippen molar-refractivity contribution in [2.24, 2.45) is 0 Å². The fourth-order valence-corrected chi connectivity index (χ4v) is 3.48. The molecule has 1 aromatic heterocycles. The number of fused-ring (bicyclic) bond motifs is 1. The van der Waals surface area contributed by atoms with Gasteiger partial charge in [-0.2, -0.15) is 0 Å². The standard InChI is InChI=1S/C20H22N2O2S/c1-20(2,3)24-19(23)22-17-10-6-5-9-16(17)21-12-14-13-25-18-11-7-4-8-15(14)18/h4-11,13,21H,12H2,1-3H3,(H,22,23). The normalized spacial score (nSPS) is 11.3. The molecule has 3 rings (SSSR count). The maximum absolute atomic E-state index is 12.0. The van der Waals surface area contributed by atoms with Gasteiger partial charge >= 0.3 is 6.09 Å².